The van der Waals surface area contributed by atoms with Crippen LogP contribution in [0.25, 0.3) is 0 Å². The zero-order valence-corrected chi connectivity index (χ0v) is 17.1. The summed E-state index contributed by atoms with van der Waals surface area (Å²) in [7, 11) is 0. The molecule has 0 heterocycles. The monoisotopic (exact) mass is 414 g/mol. The summed E-state index contributed by atoms with van der Waals surface area (Å²) < 4.78 is 10.7. The van der Waals surface area contributed by atoms with E-state index in [-0.39, 0.29) is 5.91 Å². The normalized spacial score (nSPS) is 10.5. The predicted octanol–water partition coefficient (Wildman–Crippen LogP) is 4.54. The molecule has 0 aliphatic rings. The van der Waals surface area contributed by atoms with Crippen LogP contribution in [0.2, 0.25) is 0 Å². The van der Waals surface area contributed by atoms with Gasteiger partial charge in [0.2, 0.25) is 0 Å². The molecule has 31 heavy (non-hydrogen) atoms. The van der Waals surface area contributed by atoms with Crippen LogP contribution in [0, 0.1) is 6.92 Å². The van der Waals surface area contributed by atoms with Crippen molar-refractivity contribution in [2.45, 2.75) is 6.92 Å². The van der Waals surface area contributed by atoms with Crippen LogP contribution in [0.4, 0.5) is 0 Å². The van der Waals surface area contributed by atoms with Gasteiger partial charge in [0.1, 0.15) is 18.1 Å². The van der Waals surface area contributed by atoms with Crippen LogP contribution in [0.5, 0.6) is 11.5 Å². The molecule has 0 aliphatic carbocycles. The van der Waals surface area contributed by atoms with Crippen molar-refractivity contribution < 1.29 is 19.1 Å². The van der Waals surface area contributed by atoms with Gasteiger partial charge in [0.15, 0.2) is 0 Å². The summed E-state index contributed by atoms with van der Waals surface area (Å²) in [4.78, 5) is 24.3. The van der Waals surface area contributed by atoms with Crippen LogP contribution in [-0.4, -0.2) is 24.7 Å². The van der Waals surface area contributed by atoms with E-state index in [1.54, 1.807) is 66.7 Å². The number of hydrazone groups is 1. The minimum Gasteiger partial charge on any atom is -0.490 e. The number of benzene rings is 3. The largest absolute Gasteiger partial charge is 0.490 e. The molecule has 0 atom stereocenters. The molecule has 3 rings (SSSR count). The molecule has 6 nitrogen and oxygen atoms in total. The second kappa shape index (κ2) is 10.5. The number of carbonyl (C=O) groups is 2. The maximum atomic E-state index is 12.2. The highest BCUT2D eigenvalue weighted by Crippen LogP contribution is 2.14. The maximum absolute atomic E-state index is 12.2. The maximum Gasteiger partial charge on any atom is 0.343 e. The molecular formula is C25H22N2O4. The number of ether oxygens (including phenoxy) is 2. The molecule has 0 saturated heterocycles. The van der Waals surface area contributed by atoms with E-state index < -0.39 is 5.97 Å². The number of nitrogens with zero attached hydrogens (tertiary/aromatic N) is 1. The second-order valence-corrected chi connectivity index (χ2v) is 6.65. The number of nitrogens with one attached hydrogen (secondary N) is 1. The van der Waals surface area contributed by atoms with Crippen LogP contribution >= 0.6 is 0 Å². The van der Waals surface area contributed by atoms with Crippen molar-refractivity contribution in [3.8, 4) is 11.5 Å². The molecule has 0 spiro atoms. The second-order valence-electron chi connectivity index (χ2n) is 6.65. The average Bonchev–Trinajstić information content (AvgIpc) is 2.79. The summed E-state index contributed by atoms with van der Waals surface area (Å²) in [6, 6.07) is 20.7. The molecule has 3 aromatic rings. The number of esters is 1. The molecule has 1 amide bonds. The van der Waals surface area contributed by atoms with Gasteiger partial charge < -0.3 is 9.47 Å². The van der Waals surface area contributed by atoms with E-state index in [1.807, 2.05) is 19.1 Å². The Hall–Kier alpha value is -4.19. The van der Waals surface area contributed by atoms with Crippen molar-refractivity contribution in [2.75, 3.05) is 6.61 Å². The highest BCUT2D eigenvalue weighted by molar-refractivity contribution is 5.95. The number of hydrogen-bond donors (Lipinski definition) is 1. The zero-order valence-electron chi connectivity index (χ0n) is 17.1. The molecule has 3 aromatic carbocycles. The Morgan fingerprint density at radius 3 is 2.16 bits per heavy atom. The summed E-state index contributed by atoms with van der Waals surface area (Å²) in [5.41, 5.74) is 5.23. The Balaban J connectivity index is 1.52. The number of carbonyl (C=O) groups excluding carboxylic acids is 2. The summed E-state index contributed by atoms with van der Waals surface area (Å²) in [6.45, 7) is 5.94. The first kappa shape index (κ1) is 21.5. The third-order valence-corrected chi connectivity index (χ3v) is 4.24. The molecule has 0 radical (unpaired) electrons. The van der Waals surface area contributed by atoms with E-state index in [0.29, 0.717) is 29.2 Å². The van der Waals surface area contributed by atoms with Gasteiger partial charge in [-0.1, -0.05) is 30.4 Å². The standard InChI is InChI=1S/C25H22N2O4/c1-3-16-30-22-14-10-20(11-15-22)24(28)27-26-17-19-6-12-23(13-7-19)31-25(29)21-8-4-18(2)5-9-21/h3-15,17H,1,16H2,2H3,(H,27,28)/b26-17+. The van der Waals surface area contributed by atoms with Crippen LogP contribution < -0.4 is 14.9 Å². The van der Waals surface area contributed by atoms with Gasteiger partial charge in [0.05, 0.1) is 11.8 Å². The van der Waals surface area contributed by atoms with Crippen LogP contribution in [0.3, 0.4) is 0 Å². The lowest BCUT2D eigenvalue weighted by atomic mass is 10.1. The highest BCUT2D eigenvalue weighted by atomic mass is 16.5. The van der Waals surface area contributed by atoms with Gasteiger partial charge >= 0.3 is 5.97 Å². The van der Waals surface area contributed by atoms with Gasteiger partial charge in [-0.2, -0.15) is 5.10 Å². The Morgan fingerprint density at radius 2 is 1.52 bits per heavy atom. The molecule has 0 aromatic heterocycles. The first-order valence-electron chi connectivity index (χ1n) is 9.61. The summed E-state index contributed by atoms with van der Waals surface area (Å²) in [5.74, 6) is 0.318. The molecule has 0 fully saturated rings. The smallest absolute Gasteiger partial charge is 0.343 e. The van der Waals surface area contributed by atoms with Gasteiger partial charge in [-0.25, -0.2) is 10.2 Å². The molecule has 6 heteroatoms. The highest BCUT2D eigenvalue weighted by Gasteiger charge is 2.08. The van der Waals surface area contributed by atoms with Crippen molar-refractivity contribution in [1.29, 1.82) is 0 Å². The Morgan fingerprint density at radius 1 is 0.903 bits per heavy atom. The molecule has 0 unspecified atom stereocenters. The van der Waals surface area contributed by atoms with E-state index in [4.69, 9.17) is 9.47 Å². The lowest BCUT2D eigenvalue weighted by Gasteiger charge is -2.05. The number of amides is 1. The number of hydrogen-bond acceptors (Lipinski definition) is 5. The minimum absolute atomic E-state index is 0.338. The predicted molar refractivity (Wildman–Crippen MR) is 120 cm³/mol. The fourth-order valence-corrected chi connectivity index (χ4v) is 2.57. The van der Waals surface area contributed by atoms with Crippen molar-refractivity contribution in [3.63, 3.8) is 0 Å². The summed E-state index contributed by atoms with van der Waals surface area (Å²) in [5, 5.41) is 3.96. The fraction of sp³-hybridized carbons (Fsp3) is 0.0800. The van der Waals surface area contributed by atoms with Crippen molar-refractivity contribution >= 4 is 18.1 Å². The van der Waals surface area contributed by atoms with E-state index in [1.165, 1.54) is 6.21 Å². The first-order valence-corrected chi connectivity index (χ1v) is 9.61. The van der Waals surface area contributed by atoms with E-state index in [0.717, 1.165) is 11.1 Å². The average molecular weight is 414 g/mol. The van der Waals surface area contributed by atoms with Crippen molar-refractivity contribution in [1.82, 2.24) is 5.43 Å². The van der Waals surface area contributed by atoms with Crippen LogP contribution in [-0.2, 0) is 0 Å². The third-order valence-electron chi connectivity index (χ3n) is 4.24. The minimum atomic E-state index is -0.422. The van der Waals surface area contributed by atoms with Gasteiger partial charge in [0.25, 0.3) is 5.91 Å². The topological polar surface area (TPSA) is 77.0 Å². The number of rotatable bonds is 8. The summed E-state index contributed by atoms with van der Waals surface area (Å²) in [6.07, 6.45) is 3.15. The van der Waals surface area contributed by atoms with Gasteiger partial charge in [-0.3, -0.25) is 4.79 Å². The first-order chi connectivity index (χ1) is 15.0. The molecule has 0 saturated carbocycles. The third kappa shape index (κ3) is 6.40. The molecule has 156 valence electrons. The van der Waals surface area contributed by atoms with Crippen molar-refractivity contribution in [2.24, 2.45) is 5.10 Å². The Kier molecular flexibility index (Phi) is 7.32. The Labute approximate surface area is 180 Å². The fourth-order valence-electron chi connectivity index (χ4n) is 2.57. The van der Waals surface area contributed by atoms with Crippen LogP contribution in [0.15, 0.2) is 90.6 Å². The van der Waals surface area contributed by atoms with Gasteiger partial charge in [0, 0.05) is 5.56 Å². The summed E-state index contributed by atoms with van der Waals surface area (Å²) >= 11 is 0. The van der Waals surface area contributed by atoms with Crippen molar-refractivity contribution in [3.05, 3.63) is 108 Å². The molecule has 1 N–H and O–H groups in total. The molecule has 0 bridgehead atoms. The quantitative estimate of drug-likeness (QED) is 0.193. The molecule has 0 aliphatic heterocycles. The lowest BCUT2D eigenvalue weighted by molar-refractivity contribution is 0.0734. The van der Waals surface area contributed by atoms with Crippen LogP contribution in [0.1, 0.15) is 31.8 Å². The SMILES string of the molecule is C=CCOc1ccc(C(=O)N/N=C/c2ccc(OC(=O)c3ccc(C)cc3)cc2)cc1. The van der Waals surface area contributed by atoms with E-state index >= 15 is 0 Å². The van der Waals surface area contributed by atoms with Gasteiger partial charge in [-0.05, 0) is 73.2 Å². The van der Waals surface area contributed by atoms with Gasteiger partial charge in [-0.15, -0.1) is 0 Å². The number of aryl methyl sites for hydroxylation is 1. The zero-order chi connectivity index (χ0) is 22.1. The lowest BCUT2D eigenvalue weighted by Crippen LogP contribution is -2.17. The van der Waals surface area contributed by atoms with E-state index in [2.05, 4.69) is 17.1 Å². The molecular weight excluding hydrogens is 392 g/mol. The Bertz CT molecular complexity index is 1070. The van der Waals surface area contributed by atoms with E-state index in [9.17, 15) is 9.59 Å².